The summed E-state index contributed by atoms with van der Waals surface area (Å²) in [7, 11) is 0. The van der Waals surface area contributed by atoms with Crippen molar-refractivity contribution in [3.63, 3.8) is 0 Å². The molecule has 0 saturated heterocycles. The van der Waals surface area contributed by atoms with Gasteiger partial charge in [0.1, 0.15) is 0 Å². The van der Waals surface area contributed by atoms with E-state index in [0.717, 1.165) is 6.42 Å². The van der Waals surface area contributed by atoms with Crippen LogP contribution in [-0.2, 0) is 4.79 Å². The fraction of sp³-hybridized carbons (Fsp3) is 0.833. The first-order valence-electron chi connectivity index (χ1n) is 3.38. The number of hydrazine groups is 1. The lowest BCUT2D eigenvalue weighted by Crippen LogP contribution is -2.34. The Morgan fingerprint density at radius 2 is 2.40 bits per heavy atom. The van der Waals surface area contributed by atoms with E-state index in [4.69, 9.17) is 10.9 Å². The summed E-state index contributed by atoms with van der Waals surface area (Å²) >= 11 is 0. The minimum Gasteiger partial charge on any atom is -0.481 e. The molecule has 0 bridgehead atoms. The third kappa shape index (κ3) is 4.29. The normalized spacial score (nSPS) is 13.0. The zero-order chi connectivity index (χ0) is 7.98. The van der Waals surface area contributed by atoms with Gasteiger partial charge in [-0.15, -0.1) is 0 Å². The number of hydrogen-bond acceptors (Lipinski definition) is 3. The summed E-state index contributed by atoms with van der Waals surface area (Å²) < 4.78 is 0. The van der Waals surface area contributed by atoms with Gasteiger partial charge in [-0.1, -0.05) is 6.92 Å². The molecular formula is C6H14N2O2. The highest BCUT2D eigenvalue weighted by Crippen LogP contribution is 1.99. The van der Waals surface area contributed by atoms with Gasteiger partial charge in [0.05, 0.1) is 0 Å². The molecule has 4 heteroatoms. The maximum atomic E-state index is 10.1. The van der Waals surface area contributed by atoms with Crippen LogP contribution in [0.25, 0.3) is 0 Å². The van der Waals surface area contributed by atoms with Crippen LogP contribution in [0.2, 0.25) is 0 Å². The first kappa shape index (κ1) is 9.39. The Balaban J connectivity index is 3.34. The molecule has 0 rings (SSSR count). The van der Waals surface area contributed by atoms with Crippen molar-refractivity contribution in [1.29, 1.82) is 0 Å². The van der Waals surface area contributed by atoms with Crippen molar-refractivity contribution >= 4 is 5.97 Å². The number of nitrogens with one attached hydrogen (secondary N) is 1. The van der Waals surface area contributed by atoms with Crippen molar-refractivity contribution < 1.29 is 9.90 Å². The summed E-state index contributed by atoms with van der Waals surface area (Å²) in [5.74, 6) is 4.36. The molecule has 4 nitrogen and oxygen atoms in total. The summed E-state index contributed by atoms with van der Waals surface area (Å²) in [6.07, 6.45) is 1.65. The van der Waals surface area contributed by atoms with Crippen LogP contribution in [-0.4, -0.2) is 17.1 Å². The van der Waals surface area contributed by atoms with Crippen molar-refractivity contribution in [3.8, 4) is 0 Å². The lowest BCUT2D eigenvalue weighted by Gasteiger charge is -2.10. The predicted octanol–water partition coefficient (Wildman–Crippen LogP) is 0.0931. The van der Waals surface area contributed by atoms with Crippen LogP contribution in [0.3, 0.4) is 0 Å². The van der Waals surface area contributed by atoms with Gasteiger partial charge in [0.25, 0.3) is 0 Å². The number of aliphatic carboxylic acids is 1. The quantitative estimate of drug-likeness (QED) is 0.379. The average Bonchev–Trinajstić information content (AvgIpc) is 1.90. The Bertz CT molecular complexity index is 102. The van der Waals surface area contributed by atoms with Crippen molar-refractivity contribution in [2.45, 2.75) is 32.2 Å². The largest absolute Gasteiger partial charge is 0.481 e. The molecule has 0 aliphatic rings. The molecule has 60 valence electrons. The van der Waals surface area contributed by atoms with Gasteiger partial charge < -0.3 is 5.11 Å². The van der Waals surface area contributed by atoms with Gasteiger partial charge in [0, 0.05) is 12.5 Å². The van der Waals surface area contributed by atoms with E-state index in [9.17, 15) is 4.79 Å². The van der Waals surface area contributed by atoms with Gasteiger partial charge in [0.15, 0.2) is 0 Å². The van der Waals surface area contributed by atoms with Gasteiger partial charge in [-0.05, 0) is 12.8 Å². The molecule has 4 N–H and O–H groups in total. The summed E-state index contributed by atoms with van der Waals surface area (Å²) in [5, 5.41) is 8.28. The van der Waals surface area contributed by atoms with Crippen molar-refractivity contribution in [2.75, 3.05) is 0 Å². The molecule has 0 unspecified atom stereocenters. The van der Waals surface area contributed by atoms with Crippen LogP contribution in [0.15, 0.2) is 0 Å². The second-order valence-corrected chi connectivity index (χ2v) is 2.20. The van der Waals surface area contributed by atoms with E-state index in [-0.39, 0.29) is 12.5 Å². The third-order valence-electron chi connectivity index (χ3n) is 1.44. The Hall–Kier alpha value is -0.610. The van der Waals surface area contributed by atoms with Gasteiger partial charge in [0.2, 0.25) is 0 Å². The first-order valence-corrected chi connectivity index (χ1v) is 3.38. The zero-order valence-corrected chi connectivity index (χ0v) is 6.13. The molecule has 0 amide bonds. The summed E-state index contributed by atoms with van der Waals surface area (Å²) in [4.78, 5) is 10.1. The topological polar surface area (TPSA) is 75.3 Å². The van der Waals surface area contributed by atoms with Gasteiger partial charge >= 0.3 is 5.97 Å². The fourth-order valence-corrected chi connectivity index (χ4v) is 0.703. The van der Waals surface area contributed by atoms with Crippen LogP contribution < -0.4 is 11.3 Å². The van der Waals surface area contributed by atoms with Crippen LogP contribution >= 0.6 is 0 Å². The molecule has 0 aliphatic heterocycles. The second-order valence-electron chi connectivity index (χ2n) is 2.20. The van der Waals surface area contributed by atoms with E-state index in [1.165, 1.54) is 0 Å². The minimum atomic E-state index is -0.770. The van der Waals surface area contributed by atoms with Crippen LogP contribution in [0, 0.1) is 0 Å². The molecule has 0 aromatic rings. The lowest BCUT2D eigenvalue weighted by molar-refractivity contribution is -0.137. The molecule has 0 heterocycles. The Kier molecular flexibility index (Phi) is 4.88. The summed E-state index contributed by atoms with van der Waals surface area (Å²) in [5.41, 5.74) is 2.54. The third-order valence-corrected chi connectivity index (χ3v) is 1.44. The minimum absolute atomic E-state index is 0.135. The van der Waals surface area contributed by atoms with Crippen LogP contribution in [0.5, 0.6) is 0 Å². The molecule has 10 heavy (non-hydrogen) atoms. The van der Waals surface area contributed by atoms with E-state index in [2.05, 4.69) is 5.43 Å². The Labute approximate surface area is 60.4 Å². The van der Waals surface area contributed by atoms with E-state index in [0.29, 0.717) is 6.42 Å². The maximum Gasteiger partial charge on any atom is 0.303 e. The number of carboxylic acid groups (broad SMARTS) is 1. The van der Waals surface area contributed by atoms with Crippen molar-refractivity contribution in [3.05, 3.63) is 0 Å². The first-order chi connectivity index (χ1) is 4.70. The van der Waals surface area contributed by atoms with Crippen LogP contribution in [0.4, 0.5) is 0 Å². The lowest BCUT2D eigenvalue weighted by atomic mass is 10.1. The van der Waals surface area contributed by atoms with Crippen LogP contribution in [0.1, 0.15) is 26.2 Å². The summed E-state index contributed by atoms with van der Waals surface area (Å²) in [6, 6.07) is 0.135. The molecule has 0 aromatic heterocycles. The number of rotatable bonds is 5. The highest BCUT2D eigenvalue weighted by atomic mass is 16.4. The molecule has 0 aliphatic carbocycles. The van der Waals surface area contributed by atoms with E-state index >= 15 is 0 Å². The Morgan fingerprint density at radius 1 is 1.80 bits per heavy atom. The fourth-order valence-electron chi connectivity index (χ4n) is 0.703. The van der Waals surface area contributed by atoms with Gasteiger partial charge in [-0.3, -0.25) is 16.1 Å². The monoisotopic (exact) mass is 146 g/mol. The SMILES string of the molecule is CC[C@@H](CCC(=O)O)NN. The van der Waals surface area contributed by atoms with Crippen molar-refractivity contribution in [1.82, 2.24) is 5.43 Å². The Morgan fingerprint density at radius 3 is 2.70 bits per heavy atom. The summed E-state index contributed by atoms with van der Waals surface area (Å²) in [6.45, 7) is 1.96. The highest BCUT2D eigenvalue weighted by Gasteiger charge is 2.05. The predicted molar refractivity (Wildman–Crippen MR) is 38.3 cm³/mol. The highest BCUT2D eigenvalue weighted by molar-refractivity contribution is 5.66. The van der Waals surface area contributed by atoms with Crippen molar-refractivity contribution in [2.24, 2.45) is 5.84 Å². The molecule has 0 spiro atoms. The molecular weight excluding hydrogens is 132 g/mol. The van der Waals surface area contributed by atoms with E-state index < -0.39 is 5.97 Å². The average molecular weight is 146 g/mol. The zero-order valence-electron chi connectivity index (χ0n) is 6.13. The maximum absolute atomic E-state index is 10.1. The molecule has 1 atom stereocenters. The van der Waals surface area contributed by atoms with E-state index in [1.54, 1.807) is 0 Å². The van der Waals surface area contributed by atoms with E-state index in [1.807, 2.05) is 6.92 Å². The number of hydrogen-bond donors (Lipinski definition) is 3. The molecule has 0 aromatic carbocycles. The molecule has 0 fully saturated rings. The second kappa shape index (κ2) is 5.20. The number of carboxylic acids is 1. The standard InChI is InChI=1S/C6H14N2O2/c1-2-5(8-7)3-4-6(9)10/h5,8H,2-4,7H2,1H3,(H,9,10)/t5-/m0/s1. The smallest absolute Gasteiger partial charge is 0.303 e. The number of nitrogens with two attached hydrogens (primary N) is 1. The van der Waals surface area contributed by atoms with Gasteiger partial charge in [-0.25, -0.2) is 0 Å². The molecule has 0 radical (unpaired) electrons. The van der Waals surface area contributed by atoms with Gasteiger partial charge in [-0.2, -0.15) is 0 Å². The molecule has 0 saturated carbocycles. The number of carbonyl (C=O) groups is 1.